The Labute approximate surface area is 160 Å². The van der Waals surface area contributed by atoms with Gasteiger partial charge in [0.25, 0.3) is 11.8 Å². The third-order valence-electron chi connectivity index (χ3n) is 4.10. The van der Waals surface area contributed by atoms with E-state index in [4.69, 9.17) is 4.42 Å². The summed E-state index contributed by atoms with van der Waals surface area (Å²) < 4.78 is 6.50. The fourth-order valence-electron chi connectivity index (χ4n) is 2.71. The van der Waals surface area contributed by atoms with E-state index in [1.807, 2.05) is 60.7 Å². The molecule has 7 heteroatoms. The molecule has 0 spiro atoms. The Kier molecular flexibility index (Phi) is 4.71. The molecule has 0 aliphatic rings. The summed E-state index contributed by atoms with van der Waals surface area (Å²) in [5.41, 5.74) is 7.58. The Balaban J connectivity index is 1.63. The van der Waals surface area contributed by atoms with Gasteiger partial charge in [0.2, 0.25) is 0 Å². The van der Waals surface area contributed by atoms with Gasteiger partial charge in [0.05, 0.1) is 23.1 Å². The first kappa shape index (κ1) is 17.3. The van der Waals surface area contributed by atoms with Crippen LogP contribution in [0.15, 0.2) is 89.9 Å². The van der Waals surface area contributed by atoms with E-state index in [0.29, 0.717) is 16.8 Å². The molecule has 2 heterocycles. The maximum Gasteiger partial charge on any atom is 0.273 e. The number of rotatable bonds is 4. The van der Waals surface area contributed by atoms with Gasteiger partial charge in [-0.05, 0) is 18.2 Å². The first-order valence-electron chi connectivity index (χ1n) is 8.56. The number of furan rings is 1. The van der Waals surface area contributed by atoms with Crippen LogP contribution in [0.1, 0.15) is 20.7 Å². The molecule has 4 aromatic rings. The van der Waals surface area contributed by atoms with E-state index >= 15 is 0 Å². The predicted molar refractivity (Wildman–Crippen MR) is 103 cm³/mol. The molecule has 7 nitrogen and oxygen atoms in total. The summed E-state index contributed by atoms with van der Waals surface area (Å²) in [5.74, 6) is -0.948. The molecule has 28 heavy (non-hydrogen) atoms. The number of hydrogen-bond donors (Lipinski definition) is 2. The van der Waals surface area contributed by atoms with Crippen molar-refractivity contribution >= 4 is 11.8 Å². The molecule has 0 bridgehead atoms. The Morgan fingerprint density at radius 3 is 2.21 bits per heavy atom. The molecule has 2 aromatic heterocycles. The maximum atomic E-state index is 12.8. The van der Waals surface area contributed by atoms with Crippen molar-refractivity contribution in [3.63, 3.8) is 0 Å². The van der Waals surface area contributed by atoms with Crippen molar-refractivity contribution in [2.45, 2.75) is 0 Å². The van der Waals surface area contributed by atoms with E-state index in [2.05, 4.69) is 16.0 Å². The number of para-hydroxylation sites is 1. The fraction of sp³-hybridized carbons (Fsp3) is 0. The molecule has 0 fully saturated rings. The third kappa shape index (κ3) is 3.54. The van der Waals surface area contributed by atoms with E-state index in [1.165, 1.54) is 18.6 Å². The first-order valence-corrected chi connectivity index (χ1v) is 8.56. The van der Waals surface area contributed by atoms with Crippen molar-refractivity contribution in [1.29, 1.82) is 0 Å². The SMILES string of the molecule is O=C(NNC(=O)c1cn(-c2ccccc2)nc1-c1ccccc1)c1ccoc1. The van der Waals surface area contributed by atoms with Crippen LogP contribution < -0.4 is 10.9 Å². The molecule has 0 atom stereocenters. The molecule has 0 saturated heterocycles. The van der Waals surface area contributed by atoms with E-state index in [0.717, 1.165) is 11.3 Å². The van der Waals surface area contributed by atoms with Gasteiger partial charge in [-0.3, -0.25) is 20.4 Å². The summed E-state index contributed by atoms with van der Waals surface area (Å²) >= 11 is 0. The van der Waals surface area contributed by atoms with Crippen LogP contribution in [0.3, 0.4) is 0 Å². The summed E-state index contributed by atoms with van der Waals surface area (Å²) in [6.07, 6.45) is 4.31. The van der Waals surface area contributed by atoms with Gasteiger partial charge in [0.15, 0.2) is 0 Å². The summed E-state index contributed by atoms with van der Waals surface area (Å²) in [6, 6.07) is 20.4. The highest BCUT2D eigenvalue weighted by Crippen LogP contribution is 2.23. The molecule has 0 radical (unpaired) electrons. The largest absolute Gasteiger partial charge is 0.472 e. The third-order valence-corrected chi connectivity index (χ3v) is 4.10. The molecule has 0 saturated carbocycles. The van der Waals surface area contributed by atoms with Crippen LogP contribution in [0, 0.1) is 0 Å². The lowest BCUT2D eigenvalue weighted by Gasteiger charge is -2.06. The van der Waals surface area contributed by atoms with Crippen LogP contribution in [0.5, 0.6) is 0 Å². The molecule has 0 unspecified atom stereocenters. The standard InChI is InChI=1S/C21H16N4O3/c26-20(16-11-12-28-14-16)22-23-21(27)18-13-25(17-9-5-2-6-10-17)24-19(18)15-7-3-1-4-8-15/h1-14H,(H,22,26)(H,23,27). The lowest BCUT2D eigenvalue weighted by atomic mass is 10.1. The Morgan fingerprint density at radius 1 is 0.857 bits per heavy atom. The number of nitrogens with zero attached hydrogens (tertiary/aromatic N) is 2. The minimum atomic E-state index is -0.474. The molecule has 0 aliphatic heterocycles. The van der Waals surface area contributed by atoms with Crippen molar-refractivity contribution in [3.8, 4) is 16.9 Å². The minimum absolute atomic E-state index is 0.309. The van der Waals surface area contributed by atoms with E-state index in [-0.39, 0.29) is 0 Å². The zero-order valence-corrected chi connectivity index (χ0v) is 14.7. The zero-order valence-electron chi connectivity index (χ0n) is 14.7. The molecule has 138 valence electrons. The van der Waals surface area contributed by atoms with Crippen LogP contribution in [0.2, 0.25) is 0 Å². The Bertz CT molecular complexity index is 1090. The maximum absolute atomic E-state index is 12.8. The van der Waals surface area contributed by atoms with Gasteiger partial charge >= 0.3 is 0 Å². The number of benzene rings is 2. The quantitative estimate of drug-likeness (QED) is 0.539. The molecular formula is C21H16N4O3. The molecule has 4 rings (SSSR count). The number of aromatic nitrogens is 2. The number of carbonyl (C=O) groups excluding carboxylic acids is 2. The monoisotopic (exact) mass is 372 g/mol. The number of nitrogens with one attached hydrogen (secondary N) is 2. The second-order valence-corrected chi connectivity index (χ2v) is 5.96. The fourth-order valence-corrected chi connectivity index (χ4v) is 2.71. The van der Waals surface area contributed by atoms with Gasteiger partial charge in [-0.2, -0.15) is 5.10 Å². The van der Waals surface area contributed by atoms with Crippen LogP contribution in [0.4, 0.5) is 0 Å². The molecule has 0 aliphatic carbocycles. The topological polar surface area (TPSA) is 89.2 Å². The van der Waals surface area contributed by atoms with Gasteiger partial charge < -0.3 is 4.42 Å². The Hall–Kier alpha value is -4.13. The van der Waals surface area contributed by atoms with Gasteiger partial charge in [0, 0.05) is 11.8 Å². The van der Waals surface area contributed by atoms with Crippen molar-refractivity contribution in [1.82, 2.24) is 20.6 Å². The van der Waals surface area contributed by atoms with Crippen LogP contribution >= 0.6 is 0 Å². The van der Waals surface area contributed by atoms with E-state index in [9.17, 15) is 9.59 Å². The summed E-state index contributed by atoms with van der Waals surface area (Å²) in [7, 11) is 0. The number of amides is 2. The number of hydrazine groups is 1. The van der Waals surface area contributed by atoms with Crippen LogP contribution in [-0.4, -0.2) is 21.6 Å². The van der Waals surface area contributed by atoms with Gasteiger partial charge in [-0.1, -0.05) is 48.5 Å². The second kappa shape index (κ2) is 7.63. The normalized spacial score (nSPS) is 10.4. The molecular weight excluding hydrogens is 356 g/mol. The smallest absolute Gasteiger partial charge is 0.273 e. The van der Waals surface area contributed by atoms with Crippen molar-refractivity contribution in [3.05, 3.63) is 96.6 Å². The van der Waals surface area contributed by atoms with Crippen LogP contribution in [-0.2, 0) is 0 Å². The minimum Gasteiger partial charge on any atom is -0.472 e. The Morgan fingerprint density at radius 2 is 1.54 bits per heavy atom. The van der Waals surface area contributed by atoms with Gasteiger partial charge in [-0.25, -0.2) is 4.68 Å². The summed E-state index contributed by atoms with van der Waals surface area (Å²) in [6.45, 7) is 0. The lowest BCUT2D eigenvalue weighted by Crippen LogP contribution is -2.41. The van der Waals surface area contributed by atoms with Gasteiger partial charge in [-0.15, -0.1) is 0 Å². The zero-order chi connectivity index (χ0) is 19.3. The van der Waals surface area contributed by atoms with Crippen molar-refractivity contribution < 1.29 is 14.0 Å². The highest BCUT2D eigenvalue weighted by molar-refractivity contribution is 6.02. The first-order chi connectivity index (χ1) is 13.7. The summed E-state index contributed by atoms with van der Waals surface area (Å²) in [5, 5.41) is 4.58. The number of hydrogen-bond acceptors (Lipinski definition) is 4. The van der Waals surface area contributed by atoms with E-state index < -0.39 is 11.8 Å². The lowest BCUT2D eigenvalue weighted by molar-refractivity contribution is 0.0846. The van der Waals surface area contributed by atoms with Crippen LogP contribution in [0.25, 0.3) is 16.9 Å². The molecule has 2 N–H and O–H groups in total. The average molecular weight is 372 g/mol. The average Bonchev–Trinajstić information content (AvgIpc) is 3.43. The predicted octanol–water partition coefficient (Wildman–Crippen LogP) is 3.21. The second-order valence-electron chi connectivity index (χ2n) is 5.96. The highest BCUT2D eigenvalue weighted by Gasteiger charge is 2.19. The van der Waals surface area contributed by atoms with Crippen molar-refractivity contribution in [2.75, 3.05) is 0 Å². The van der Waals surface area contributed by atoms with Crippen molar-refractivity contribution in [2.24, 2.45) is 0 Å². The molecule has 2 aromatic carbocycles. The number of carbonyl (C=O) groups is 2. The summed E-state index contributed by atoms with van der Waals surface area (Å²) in [4.78, 5) is 24.8. The highest BCUT2D eigenvalue weighted by atomic mass is 16.3. The van der Waals surface area contributed by atoms with E-state index in [1.54, 1.807) is 10.9 Å². The molecule has 2 amide bonds. The van der Waals surface area contributed by atoms with Gasteiger partial charge in [0.1, 0.15) is 12.0 Å².